The number of nitrogens with two attached hydrogens (primary N) is 1. The largest absolute Gasteiger partial charge is 0.323 e. The predicted octanol–water partition coefficient (Wildman–Crippen LogP) is 3.13. The van der Waals surface area contributed by atoms with Crippen molar-refractivity contribution < 1.29 is 0 Å². The lowest BCUT2D eigenvalue weighted by Crippen LogP contribution is -2.43. The molecule has 0 aromatic carbocycles. The Labute approximate surface area is 119 Å². The van der Waals surface area contributed by atoms with Gasteiger partial charge in [-0.1, -0.05) is 19.8 Å². The Morgan fingerprint density at radius 3 is 2.95 bits per heavy atom. The summed E-state index contributed by atoms with van der Waals surface area (Å²) in [5.41, 5.74) is 8.75. The first-order valence-corrected chi connectivity index (χ1v) is 7.79. The fraction of sp³-hybridized carbons (Fsp3) is 0.625. The monoisotopic (exact) mass is 270 g/mol. The average Bonchev–Trinajstić information content (AvgIpc) is 3.18. The topological polar surface area (TPSA) is 56.7 Å². The van der Waals surface area contributed by atoms with Crippen LogP contribution >= 0.6 is 0 Å². The highest BCUT2D eigenvalue weighted by molar-refractivity contribution is 5.75. The SMILES string of the molecule is CC1CCCC(N)(c2nc3cnccc3n2C2CC2)C1. The van der Waals surface area contributed by atoms with Crippen LogP contribution in [0.25, 0.3) is 11.0 Å². The zero-order chi connectivity index (χ0) is 13.7. The van der Waals surface area contributed by atoms with E-state index in [2.05, 4.69) is 22.5 Å². The van der Waals surface area contributed by atoms with E-state index in [9.17, 15) is 0 Å². The van der Waals surface area contributed by atoms with Crippen LogP contribution in [-0.4, -0.2) is 14.5 Å². The summed E-state index contributed by atoms with van der Waals surface area (Å²) < 4.78 is 2.41. The summed E-state index contributed by atoms with van der Waals surface area (Å²) in [6.45, 7) is 2.31. The standard InChI is InChI=1S/C16H22N4/c1-11-3-2-7-16(17,9-11)15-19-13-10-18-8-6-14(13)20(15)12-4-5-12/h6,8,10-12H,2-5,7,9,17H2,1H3. The molecule has 4 nitrogen and oxygen atoms in total. The normalized spacial score (nSPS) is 30.8. The molecule has 0 aliphatic heterocycles. The quantitative estimate of drug-likeness (QED) is 0.912. The Kier molecular flexibility index (Phi) is 2.64. The first kappa shape index (κ1) is 12.3. The number of nitrogens with zero attached hydrogens (tertiary/aromatic N) is 3. The van der Waals surface area contributed by atoms with Crippen LogP contribution < -0.4 is 5.73 Å². The van der Waals surface area contributed by atoms with Crippen molar-refractivity contribution in [3.63, 3.8) is 0 Å². The number of fused-ring (bicyclic) bond motifs is 1. The van der Waals surface area contributed by atoms with Gasteiger partial charge in [-0.2, -0.15) is 0 Å². The van der Waals surface area contributed by atoms with Crippen LogP contribution in [0.15, 0.2) is 18.5 Å². The summed E-state index contributed by atoms with van der Waals surface area (Å²) in [6, 6.07) is 2.69. The van der Waals surface area contributed by atoms with Crippen LogP contribution in [-0.2, 0) is 5.54 Å². The minimum atomic E-state index is -0.251. The molecule has 0 amide bonds. The van der Waals surface area contributed by atoms with Gasteiger partial charge in [-0.25, -0.2) is 4.98 Å². The Hall–Kier alpha value is -1.42. The molecule has 2 heterocycles. The van der Waals surface area contributed by atoms with Crippen molar-refractivity contribution in [3.05, 3.63) is 24.3 Å². The number of pyridine rings is 1. The second-order valence-electron chi connectivity index (χ2n) is 6.76. The van der Waals surface area contributed by atoms with Gasteiger partial charge in [0.25, 0.3) is 0 Å². The molecule has 2 atom stereocenters. The Morgan fingerprint density at radius 1 is 1.35 bits per heavy atom. The molecule has 4 heteroatoms. The molecule has 4 rings (SSSR count). The van der Waals surface area contributed by atoms with Crippen molar-refractivity contribution in [1.82, 2.24) is 14.5 Å². The minimum Gasteiger partial charge on any atom is -0.323 e. The van der Waals surface area contributed by atoms with Crippen molar-refractivity contribution >= 4 is 11.0 Å². The Balaban J connectivity index is 1.88. The molecule has 106 valence electrons. The van der Waals surface area contributed by atoms with E-state index in [0.29, 0.717) is 12.0 Å². The zero-order valence-corrected chi connectivity index (χ0v) is 12.0. The van der Waals surface area contributed by atoms with Gasteiger partial charge >= 0.3 is 0 Å². The van der Waals surface area contributed by atoms with Gasteiger partial charge in [0.15, 0.2) is 0 Å². The summed E-state index contributed by atoms with van der Waals surface area (Å²) in [4.78, 5) is 9.09. The van der Waals surface area contributed by atoms with E-state index in [1.807, 2.05) is 12.4 Å². The third-order valence-corrected chi connectivity index (χ3v) is 4.88. The van der Waals surface area contributed by atoms with Crippen molar-refractivity contribution in [1.29, 1.82) is 0 Å². The first-order valence-electron chi connectivity index (χ1n) is 7.79. The van der Waals surface area contributed by atoms with E-state index in [4.69, 9.17) is 10.7 Å². The number of hydrogen-bond donors (Lipinski definition) is 1. The summed E-state index contributed by atoms with van der Waals surface area (Å²) >= 11 is 0. The van der Waals surface area contributed by atoms with Gasteiger partial charge in [-0.3, -0.25) is 4.98 Å². The number of rotatable bonds is 2. The van der Waals surface area contributed by atoms with Crippen LogP contribution in [0.5, 0.6) is 0 Å². The molecular weight excluding hydrogens is 248 g/mol. The van der Waals surface area contributed by atoms with E-state index in [0.717, 1.165) is 24.2 Å². The van der Waals surface area contributed by atoms with E-state index >= 15 is 0 Å². The minimum absolute atomic E-state index is 0.251. The van der Waals surface area contributed by atoms with Crippen LogP contribution in [0.2, 0.25) is 0 Å². The maximum absolute atomic E-state index is 6.80. The molecule has 0 saturated heterocycles. The fourth-order valence-corrected chi connectivity index (χ4v) is 3.80. The van der Waals surface area contributed by atoms with Crippen molar-refractivity contribution in [2.45, 2.75) is 57.0 Å². The zero-order valence-electron chi connectivity index (χ0n) is 12.0. The van der Waals surface area contributed by atoms with E-state index in [1.165, 1.54) is 31.2 Å². The van der Waals surface area contributed by atoms with Crippen molar-refractivity contribution in [3.8, 4) is 0 Å². The van der Waals surface area contributed by atoms with Crippen LogP contribution in [0.4, 0.5) is 0 Å². The summed E-state index contributed by atoms with van der Waals surface area (Å²) in [7, 11) is 0. The van der Waals surface area contributed by atoms with Gasteiger partial charge in [0.05, 0.1) is 17.3 Å². The lowest BCUT2D eigenvalue weighted by molar-refractivity contribution is 0.223. The van der Waals surface area contributed by atoms with E-state index in [1.54, 1.807) is 0 Å². The molecule has 2 aromatic rings. The maximum atomic E-state index is 6.80. The maximum Gasteiger partial charge on any atom is 0.130 e. The van der Waals surface area contributed by atoms with Crippen molar-refractivity contribution in [2.24, 2.45) is 11.7 Å². The highest BCUT2D eigenvalue weighted by atomic mass is 15.2. The van der Waals surface area contributed by atoms with Crippen molar-refractivity contribution in [2.75, 3.05) is 0 Å². The number of hydrogen-bond acceptors (Lipinski definition) is 3. The Morgan fingerprint density at radius 2 is 2.20 bits per heavy atom. The van der Waals surface area contributed by atoms with Gasteiger partial charge in [0.2, 0.25) is 0 Å². The lowest BCUT2D eigenvalue weighted by Gasteiger charge is -2.36. The number of imidazole rings is 1. The fourth-order valence-electron chi connectivity index (χ4n) is 3.80. The predicted molar refractivity (Wildman–Crippen MR) is 79.3 cm³/mol. The second-order valence-corrected chi connectivity index (χ2v) is 6.76. The second kappa shape index (κ2) is 4.29. The molecule has 2 saturated carbocycles. The molecule has 0 radical (unpaired) electrons. The molecular formula is C16H22N4. The number of aromatic nitrogens is 3. The summed E-state index contributed by atoms with van der Waals surface area (Å²) in [5, 5.41) is 0. The molecule has 2 aliphatic carbocycles. The van der Waals surface area contributed by atoms with Gasteiger partial charge in [-0.15, -0.1) is 0 Å². The van der Waals surface area contributed by atoms with E-state index < -0.39 is 0 Å². The molecule has 20 heavy (non-hydrogen) atoms. The highest BCUT2D eigenvalue weighted by Crippen LogP contribution is 2.44. The summed E-state index contributed by atoms with van der Waals surface area (Å²) in [5.74, 6) is 1.80. The van der Waals surface area contributed by atoms with E-state index in [-0.39, 0.29) is 5.54 Å². The van der Waals surface area contributed by atoms with Gasteiger partial charge < -0.3 is 10.3 Å². The van der Waals surface area contributed by atoms with Gasteiger partial charge in [-0.05, 0) is 37.7 Å². The molecule has 0 bridgehead atoms. The molecule has 2 aliphatic rings. The molecule has 2 fully saturated rings. The smallest absolute Gasteiger partial charge is 0.130 e. The highest BCUT2D eigenvalue weighted by Gasteiger charge is 2.40. The average molecular weight is 270 g/mol. The van der Waals surface area contributed by atoms with Gasteiger partial charge in [0.1, 0.15) is 11.3 Å². The Bertz CT molecular complexity index is 643. The van der Waals surface area contributed by atoms with Crippen LogP contribution in [0, 0.1) is 5.92 Å². The molecule has 2 unspecified atom stereocenters. The van der Waals surface area contributed by atoms with Crippen LogP contribution in [0.1, 0.15) is 57.3 Å². The molecule has 0 spiro atoms. The molecule has 2 N–H and O–H groups in total. The van der Waals surface area contributed by atoms with Crippen LogP contribution in [0.3, 0.4) is 0 Å². The third kappa shape index (κ3) is 1.85. The lowest BCUT2D eigenvalue weighted by atomic mass is 9.76. The van der Waals surface area contributed by atoms with Gasteiger partial charge in [0, 0.05) is 12.2 Å². The first-order chi connectivity index (χ1) is 9.67. The third-order valence-electron chi connectivity index (χ3n) is 4.88. The molecule has 2 aromatic heterocycles. The summed E-state index contributed by atoms with van der Waals surface area (Å²) in [6.07, 6.45) is 10.9.